The molecule has 1 aromatic heterocycles. The summed E-state index contributed by atoms with van der Waals surface area (Å²) in [5.41, 5.74) is -0.235. The molecule has 0 radical (unpaired) electrons. The van der Waals surface area contributed by atoms with Crippen molar-refractivity contribution in [1.29, 1.82) is 0 Å². The minimum atomic E-state index is -3.48. The van der Waals surface area contributed by atoms with Gasteiger partial charge < -0.3 is 9.64 Å². The van der Waals surface area contributed by atoms with Gasteiger partial charge in [0.1, 0.15) is 35.1 Å². The monoisotopic (exact) mass is 566 g/mol. The highest BCUT2D eigenvalue weighted by atomic mass is 32.2. The number of benzene rings is 2. The van der Waals surface area contributed by atoms with Gasteiger partial charge in [0.25, 0.3) is 0 Å². The molecule has 2 aromatic carbocycles. The molecular weight excluding hydrogens is 540 g/mol. The first-order chi connectivity index (χ1) is 18.5. The number of fused-ring (bicyclic) bond motifs is 1. The second-order valence-electron chi connectivity index (χ2n) is 9.79. The lowest BCUT2D eigenvalue weighted by atomic mass is 10.1. The summed E-state index contributed by atoms with van der Waals surface area (Å²) in [6.45, 7) is 3.91. The van der Waals surface area contributed by atoms with Gasteiger partial charge in [0, 0.05) is 43.9 Å². The van der Waals surface area contributed by atoms with E-state index in [1.165, 1.54) is 16.6 Å². The highest BCUT2D eigenvalue weighted by Gasteiger charge is 2.34. The molecule has 1 atom stereocenters. The zero-order chi connectivity index (χ0) is 28.1. The number of rotatable bonds is 6. The van der Waals surface area contributed by atoms with E-state index in [9.17, 15) is 30.8 Å². The van der Waals surface area contributed by atoms with Crippen LogP contribution in [-0.4, -0.2) is 53.9 Å². The number of nitrogens with zero attached hydrogens (tertiary/aromatic N) is 4. The van der Waals surface area contributed by atoms with E-state index in [4.69, 9.17) is 4.74 Å². The van der Waals surface area contributed by atoms with Crippen molar-refractivity contribution in [1.82, 2.24) is 14.1 Å². The van der Waals surface area contributed by atoms with Crippen LogP contribution in [0, 0.1) is 23.3 Å². The topological polar surface area (TPSA) is 84.7 Å². The molecule has 0 saturated carbocycles. The number of hydrogen-bond donors (Lipinski definition) is 0. The average molecular weight is 567 g/mol. The maximum absolute atomic E-state index is 14.7. The van der Waals surface area contributed by atoms with E-state index in [0.29, 0.717) is 18.1 Å². The minimum absolute atomic E-state index is 0.134. The Kier molecular flexibility index (Phi) is 7.14. The van der Waals surface area contributed by atoms with Crippen LogP contribution in [0.4, 0.5) is 23.2 Å². The summed E-state index contributed by atoms with van der Waals surface area (Å²) in [7, 11) is -3.48. The predicted molar refractivity (Wildman–Crippen MR) is 136 cm³/mol. The van der Waals surface area contributed by atoms with E-state index in [0.717, 1.165) is 22.9 Å². The van der Waals surface area contributed by atoms with Gasteiger partial charge in [-0.2, -0.15) is 14.1 Å². The van der Waals surface area contributed by atoms with E-state index in [1.54, 1.807) is 18.7 Å². The van der Waals surface area contributed by atoms with Crippen molar-refractivity contribution in [2.24, 2.45) is 0 Å². The van der Waals surface area contributed by atoms with E-state index in [-0.39, 0.29) is 55.3 Å². The maximum Gasteiger partial charge on any atom is 0.316 e. The van der Waals surface area contributed by atoms with Crippen LogP contribution in [0.1, 0.15) is 37.5 Å². The Morgan fingerprint density at radius 1 is 0.949 bits per heavy atom. The van der Waals surface area contributed by atoms with Crippen LogP contribution in [0.25, 0.3) is 5.69 Å². The van der Waals surface area contributed by atoms with Gasteiger partial charge in [0.2, 0.25) is 15.8 Å². The van der Waals surface area contributed by atoms with Crippen molar-refractivity contribution in [3.05, 3.63) is 81.3 Å². The lowest BCUT2D eigenvalue weighted by Gasteiger charge is -2.36. The molecule has 0 amide bonds. The quantitative estimate of drug-likeness (QED) is 0.423. The molecule has 8 nitrogen and oxygen atoms in total. The van der Waals surface area contributed by atoms with E-state index < -0.39 is 50.2 Å². The fraction of sp³-hybridized carbons (Fsp3) is 0.385. The highest BCUT2D eigenvalue weighted by Crippen LogP contribution is 2.39. The van der Waals surface area contributed by atoms with Crippen LogP contribution in [0.3, 0.4) is 0 Å². The lowest BCUT2D eigenvalue weighted by Crippen LogP contribution is -2.50. The maximum atomic E-state index is 14.7. The molecule has 1 saturated heterocycles. The normalized spacial score (nSPS) is 18.0. The molecule has 1 aliphatic carbocycles. The Labute approximate surface area is 222 Å². The molecule has 0 N–H and O–H groups in total. The molecule has 5 rings (SSSR count). The molecule has 0 spiro atoms. The molecular formula is C26H26F4N4O4S. The first-order valence-electron chi connectivity index (χ1n) is 12.4. The van der Waals surface area contributed by atoms with Crippen molar-refractivity contribution in [3.63, 3.8) is 0 Å². The second-order valence-corrected chi connectivity index (χ2v) is 12.3. The summed E-state index contributed by atoms with van der Waals surface area (Å²) in [5, 5.41) is 3.51. The number of ether oxygens (including phenoxy) is 1. The van der Waals surface area contributed by atoms with Crippen molar-refractivity contribution >= 4 is 15.7 Å². The smallest absolute Gasteiger partial charge is 0.316 e. The van der Waals surface area contributed by atoms with Crippen molar-refractivity contribution in [3.8, 4) is 11.4 Å². The van der Waals surface area contributed by atoms with Gasteiger partial charge in [-0.05, 0) is 50.5 Å². The number of aryl methyl sites for hydroxylation is 1. The number of sulfonamides is 1. The zero-order valence-electron chi connectivity index (χ0n) is 21.2. The van der Waals surface area contributed by atoms with Gasteiger partial charge >= 0.3 is 5.56 Å². The predicted octanol–water partition coefficient (Wildman–Crippen LogP) is 3.72. The summed E-state index contributed by atoms with van der Waals surface area (Å²) in [6.07, 6.45) is 0.966. The summed E-state index contributed by atoms with van der Waals surface area (Å²) < 4.78 is 89.8. The van der Waals surface area contributed by atoms with Crippen LogP contribution >= 0.6 is 0 Å². The van der Waals surface area contributed by atoms with E-state index in [1.807, 2.05) is 0 Å². The summed E-state index contributed by atoms with van der Waals surface area (Å²) >= 11 is 0. The summed E-state index contributed by atoms with van der Waals surface area (Å²) in [5.74, 6) is -3.59. The van der Waals surface area contributed by atoms with Crippen LogP contribution in [-0.2, 0) is 16.4 Å². The minimum Gasteiger partial charge on any atom is -0.478 e. The SMILES string of the molecule is CC(C)S(=O)(=O)N1CCN(c2cnn(-c3cc(F)cc(F)c3)c(=O)c2OC2CCc3cc(F)cc(F)c32)CC1. The van der Waals surface area contributed by atoms with Gasteiger partial charge in [-0.15, -0.1) is 0 Å². The molecule has 3 aromatic rings. The lowest BCUT2D eigenvalue weighted by molar-refractivity contribution is 0.199. The largest absolute Gasteiger partial charge is 0.478 e. The first kappa shape index (κ1) is 27.1. The Bertz CT molecular complexity index is 1570. The number of piperazine rings is 1. The third-order valence-electron chi connectivity index (χ3n) is 6.98. The van der Waals surface area contributed by atoms with Gasteiger partial charge in [-0.1, -0.05) is 0 Å². The Hall–Kier alpha value is -3.45. The molecule has 2 heterocycles. The zero-order valence-corrected chi connectivity index (χ0v) is 22.0. The third-order valence-corrected chi connectivity index (χ3v) is 9.26. The van der Waals surface area contributed by atoms with Gasteiger partial charge in [0.15, 0.2) is 0 Å². The fourth-order valence-corrected chi connectivity index (χ4v) is 6.26. The number of halogens is 4. The molecule has 208 valence electrons. The molecule has 2 aliphatic rings. The van der Waals surface area contributed by atoms with Crippen LogP contribution < -0.4 is 15.2 Å². The van der Waals surface area contributed by atoms with Crippen molar-refractivity contribution < 1.29 is 30.7 Å². The van der Waals surface area contributed by atoms with Gasteiger partial charge in [-0.25, -0.2) is 26.0 Å². The van der Waals surface area contributed by atoms with Crippen LogP contribution in [0.2, 0.25) is 0 Å². The number of aromatic nitrogens is 2. The molecule has 13 heteroatoms. The summed E-state index contributed by atoms with van der Waals surface area (Å²) in [4.78, 5) is 15.4. The Morgan fingerprint density at radius 3 is 2.23 bits per heavy atom. The van der Waals surface area contributed by atoms with Crippen molar-refractivity contribution in [2.75, 3.05) is 31.1 Å². The van der Waals surface area contributed by atoms with E-state index >= 15 is 0 Å². The fourth-order valence-electron chi connectivity index (χ4n) is 4.99. The van der Waals surface area contributed by atoms with Gasteiger partial charge in [0.05, 0.1) is 17.1 Å². The molecule has 0 bridgehead atoms. The highest BCUT2D eigenvalue weighted by molar-refractivity contribution is 7.89. The molecule has 1 fully saturated rings. The van der Waals surface area contributed by atoms with Crippen molar-refractivity contribution in [2.45, 2.75) is 38.0 Å². The molecule has 1 unspecified atom stereocenters. The second kappa shape index (κ2) is 10.3. The van der Waals surface area contributed by atoms with Gasteiger partial charge in [-0.3, -0.25) is 4.79 Å². The molecule has 1 aliphatic heterocycles. The summed E-state index contributed by atoms with van der Waals surface area (Å²) in [6, 6.07) is 4.49. The Balaban J connectivity index is 1.55. The van der Waals surface area contributed by atoms with Crippen LogP contribution in [0.15, 0.2) is 41.3 Å². The molecule has 39 heavy (non-hydrogen) atoms. The average Bonchev–Trinajstić information content (AvgIpc) is 3.27. The number of anilines is 1. The third kappa shape index (κ3) is 5.12. The first-order valence-corrected chi connectivity index (χ1v) is 13.9. The van der Waals surface area contributed by atoms with E-state index in [2.05, 4.69) is 5.10 Å². The number of hydrogen-bond acceptors (Lipinski definition) is 6. The Morgan fingerprint density at radius 2 is 1.59 bits per heavy atom. The van der Waals surface area contributed by atoms with Crippen LogP contribution in [0.5, 0.6) is 5.75 Å². The standard InChI is InChI=1S/C26H26F4N4O4S/c1-15(2)39(36,37)33-7-5-32(6-8-33)22-14-31-34(20-11-18(28)10-19(29)12-20)26(35)25(22)38-23-4-3-16-9-17(27)13-21(30)24(16)23/h9-15,23H,3-8H2,1-2H3.